The van der Waals surface area contributed by atoms with Gasteiger partial charge in [0.15, 0.2) is 0 Å². The molecule has 0 amide bonds. The molecule has 2 aliphatic carbocycles. The molecular weight excluding hydrogens is 242 g/mol. The van der Waals surface area contributed by atoms with Crippen LogP contribution < -0.4 is 10.9 Å². The van der Waals surface area contributed by atoms with Gasteiger partial charge in [-0.25, -0.2) is 4.98 Å². The second kappa shape index (κ2) is 5.33. The predicted molar refractivity (Wildman–Crippen MR) is 73.2 cm³/mol. The van der Waals surface area contributed by atoms with Crippen LogP contribution in [0.15, 0.2) is 10.9 Å². The molecule has 3 rings (SSSR count). The molecule has 2 atom stereocenters. The summed E-state index contributed by atoms with van der Waals surface area (Å²) >= 11 is 0. The fourth-order valence-corrected chi connectivity index (χ4v) is 2.98. The van der Waals surface area contributed by atoms with Crippen LogP contribution in [0.3, 0.4) is 0 Å². The average molecular weight is 263 g/mol. The Labute approximate surface area is 112 Å². The minimum Gasteiger partial charge on any atom is -0.396 e. The normalized spacial score (nSPS) is 26.6. The molecule has 2 fully saturated rings. The molecule has 19 heavy (non-hydrogen) atoms. The molecule has 2 unspecified atom stereocenters. The summed E-state index contributed by atoms with van der Waals surface area (Å²) in [6.07, 6.45) is 5.70. The zero-order valence-corrected chi connectivity index (χ0v) is 11.1. The lowest BCUT2D eigenvalue weighted by Crippen LogP contribution is -2.22. The van der Waals surface area contributed by atoms with E-state index in [-0.39, 0.29) is 12.2 Å². The van der Waals surface area contributed by atoms with Gasteiger partial charge < -0.3 is 15.4 Å². The van der Waals surface area contributed by atoms with Crippen LogP contribution in [-0.2, 0) is 0 Å². The number of hydrogen-bond donors (Lipinski definition) is 3. The Hall–Kier alpha value is -1.36. The third-order valence-electron chi connectivity index (χ3n) is 4.32. The Morgan fingerprint density at radius 1 is 1.32 bits per heavy atom. The van der Waals surface area contributed by atoms with Crippen molar-refractivity contribution in [3.8, 4) is 0 Å². The van der Waals surface area contributed by atoms with Gasteiger partial charge in [0.2, 0.25) is 0 Å². The van der Waals surface area contributed by atoms with Crippen molar-refractivity contribution in [2.24, 2.45) is 11.8 Å². The maximum Gasteiger partial charge on any atom is 0.252 e. The van der Waals surface area contributed by atoms with Crippen LogP contribution >= 0.6 is 0 Å². The lowest BCUT2D eigenvalue weighted by atomic mass is 9.97. The van der Waals surface area contributed by atoms with Crippen molar-refractivity contribution < 1.29 is 5.11 Å². The number of aromatic amines is 1. The molecule has 0 bridgehead atoms. The van der Waals surface area contributed by atoms with Crippen molar-refractivity contribution in [1.82, 2.24) is 9.97 Å². The van der Waals surface area contributed by atoms with Crippen LogP contribution in [0.25, 0.3) is 0 Å². The first-order chi connectivity index (χ1) is 9.26. The molecule has 0 aromatic carbocycles. The van der Waals surface area contributed by atoms with Crippen LogP contribution in [0.1, 0.15) is 43.8 Å². The molecule has 0 radical (unpaired) electrons. The molecule has 5 heteroatoms. The van der Waals surface area contributed by atoms with E-state index in [2.05, 4.69) is 15.3 Å². The fraction of sp³-hybridized carbons (Fsp3) is 0.714. The zero-order valence-electron chi connectivity index (χ0n) is 11.1. The number of aliphatic hydroxyl groups is 1. The van der Waals surface area contributed by atoms with Gasteiger partial charge in [0, 0.05) is 25.1 Å². The number of H-pyrrole nitrogens is 1. The van der Waals surface area contributed by atoms with Gasteiger partial charge in [0.25, 0.3) is 5.56 Å². The lowest BCUT2D eigenvalue weighted by Gasteiger charge is -2.18. The molecule has 1 heterocycles. The van der Waals surface area contributed by atoms with E-state index in [9.17, 15) is 9.90 Å². The fourth-order valence-electron chi connectivity index (χ4n) is 2.98. The lowest BCUT2D eigenvalue weighted by molar-refractivity contribution is 0.199. The third-order valence-corrected chi connectivity index (χ3v) is 4.32. The van der Waals surface area contributed by atoms with Crippen molar-refractivity contribution >= 4 is 5.82 Å². The van der Waals surface area contributed by atoms with E-state index >= 15 is 0 Å². The van der Waals surface area contributed by atoms with Crippen LogP contribution in [-0.4, -0.2) is 28.2 Å². The number of nitrogens with one attached hydrogen (secondary N) is 2. The largest absolute Gasteiger partial charge is 0.396 e. The second-order valence-corrected chi connectivity index (χ2v) is 5.80. The Balaban J connectivity index is 1.64. The van der Waals surface area contributed by atoms with Crippen LogP contribution in [0.5, 0.6) is 0 Å². The molecule has 3 N–H and O–H groups in total. The summed E-state index contributed by atoms with van der Waals surface area (Å²) in [6, 6.07) is 1.52. The maximum atomic E-state index is 11.6. The van der Waals surface area contributed by atoms with E-state index in [0.29, 0.717) is 23.6 Å². The van der Waals surface area contributed by atoms with E-state index in [0.717, 1.165) is 38.1 Å². The Morgan fingerprint density at radius 3 is 2.84 bits per heavy atom. The van der Waals surface area contributed by atoms with Gasteiger partial charge in [-0.15, -0.1) is 0 Å². The standard InChI is InChI=1S/C14H21N3O2/c18-8-11-3-1-2-10(11)7-15-12-6-13(19)17-14(16-12)9-4-5-9/h6,9-11,18H,1-5,7-8H2,(H2,15,16,17,19). The molecule has 2 aliphatic rings. The third kappa shape index (κ3) is 2.97. The van der Waals surface area contributed by atoms with Gasteiger partial charge in [-0.1, -0.05) is 6.42 Å². The summed E-state index contributed by atoms with van der Waals surface area (Å²) in [4.78, 5) is 18.9. The highest BCUT2D eigenvalue weighted by molar-refractivity contribution is 5.34. The number of aliphatic hydroxyl groups excluding tert-OH is 1. The summed E-state index contributed by atoms with van der Waals surface area (Å²) in [7, 11) is 0. The summed E-state index contributed by atoms with van der Waals surface area (Å²) in [5.41, 5.74) is -0.0791. The highest BCUT2D eigenvalue weighted by Crippen LogP contribution is 2.37. The number of rotatable bonds is 5. The van der Waals surface area contributed by atoms with Crippen molar-refractivity contribution in [1.29, 1.82) is 0 Å². The van der Waals surface area contributed by atoms with Gasteiger partial charge in [-0.3, -0.25) is 4.79 Å². The van der Waals surface area contributed by atoms with Crippen molar-refractivity contribution in [3.63, 3.8) is 0 Å². The first-order valence-corrected chi connectivity index (χ1v) is 7.22. The molecular formula is C14H21N3O2. The van der Waals surface area contributed by atoms with Gasteiger partial charge in [-0.05, 0) is 37.5 Å². The smallest absolute Gasteiger partial charge is 0.252 e. The summed E-state index contributed by atoms with van der Waals surface area (Å²) in [6.45, 7) is 1.06. The Bertz CT molecular complexity index is 496. The van der Waals surface area contributed by atoms with Crippen molar-refractivity contribution in [2.75, 3.05) is 18.5 Å². The van der Waals surface area contributed by atoms with Gasteiger partial charge >= 0.3 is 0 Å². The minimum atomic E-state index is -0.0791. The highest BCUT2D eigenvalue weighted by Gasteiger charge is 2.28. The Morgan fingerprint density at radius 2 is 2.11 bits per heavy atom. The van der Waals surface area contributed by atoms with Gasteiger partial charge in [-0.2, -0.15) is 0 Å². The van der Waals surface area contributed by atoms with E-state index in [1.54, 1.807) is 0 Å². The monoisotopic (exact) mass is 263 g/mol. The molecule has 0 aliphatic heterocycles. The first kappa shape index (κ1) is 12.7. The summed E-state index contributed by atoms with van der Waals surface area (Å²) < 4.78 is 0. The van der Waals surface area contributed by atoms with Gasteiger partial charge in [0.05, 0.1) is 0 Å². The number of anilines is 1. The average Bonchev–Trinajstić information content (AvgIpc) is 3.15. The van der Waals surface area contributed by atoms with Crippen LogP contribution in [0.2, 0.25) is 0 Å². The van der Waals surface area contributed by atoms with E-state index in [4.69, 9.17) is 0 Å². The van der Waals surface area contributed by atoms with E-state index in [1.807, 2.05) is 0 Å². The highest BCUT2D eigenvalue weighted by atomic mass is 16.3. The minimum absolute atomic E-state index is 0.0791. The Kier molecular flexibility index (Phi) is 3.55. The second-order valence-electron chi connectivity index (χ2n) is 5.80. The molecule has 1 aromatic heterocycles. The quantitative estimate of drug-likeness (QED) is 0.751. The summed E-state index contributed by atoms with van der Waals surface area (Å²) in [5.74, 6) is 2.84. The molecule has 0 spiro atoms. The molecule has 0 saturated heterocycles. The molecule has 104 valence electrons. The maximum absolute atomic E-state index is 11.6. The van der Waals surface area contributed by atoms with Crippen LogP contribution in [0.4, 0.5) is 5.82 Å². The van der Waals surface area contributed by atoms with E-state index in [1.165, 1.54) is 12.5 Å². The van der Waals surface area contributed by atoms with Gasteiger partial charge in [0.1, 0.15) is 11.6 Å². The SMILES string of the molecule is O=c1cc(NCC2CCCC2CO)nc(C2CC2)[nH]1. The number of nitrogens with zero attached hydrogens (tertiary/aromatic N) is 1. The molecule has 1 aromatic rings. The van der Waals surface area contributed by atoms with Crippen LogP contribution in [0, 0.1) is 11.8 Å². The number of aromatic nitrogens is 2. The molecule has 2 saturated carbocycles. The number of hydrogen-bond acceptors (Lipinski definition) is 4. The predicted octanol–water partition coefficient (Wildman–Crippen LogP) is 1.47. The summed E-state index contributed by atoms with van der Waals surface area (Å²) in [5, 5.41) is 12.6. The topological polar surface area (TPSA) is 78.0 Å². The van der Waals surface area contributed by atoms with Crippen molar-refractivity contribution in [2.45, 2.75) is 38.0 Å². The van der Waals surface area contributed by atoms with E-state index < -0.39 is 0 Å². The van der Waals surface area contributed by atoms with Crippen molar-refractivity contribution in [3.05, 3.63) is 22.2 Å². The first-order valence-electron chi connectivity index (χ1n) is 7.22. The zero-order chi connectivity index (χ0) is 13.2. The molecule has 5 nitrogen and oxygen atoms in total.